The summed E-state index contributed by atoms with van der Waals surface area (Å²) in [6, 6.07) is 11.4. The highest BCUT2D eigenvalue weighted by Gasteiger charge is 2.17. The Labute approximate surface area is 144 Å². The molecule has 0 aromatic heterocycles. The molecule has 1 heterocycles. The molecule has 24 heavy (non-hydrogen) atoms. The molecule has 0 unspecified atom stereocenters. The number of carbonyl (C=O) groups is 1. The number of anilines is 2. The molecule has 6 nitrogen and oxygen atoms in total. The summed E-state index contributed by atoms with van der Waals surface area (Å²) < 4.78 is 31.9. The molecule has 3 rings (SSSR count). The number of amides is 1. The van der Waals surface area contributed by atoms with Gasteiger partial charge in [-0.3, -0.25) is 9.52 Å². The number of sulfonamides is 1. The molecule has 0 aliphatic carbocycles. The van der Waals surface area contributed by atoms with E-state index in [0.717, 1.165) is 5.41 Å². The smallest absolute Gasteiger partial charge is 0.262 e. The first kappa shape index (κ1) is 16.4. The molecule has 0 fully saturated rings. The van der Waals surface area contributed by atoms with Crippen molar-refractivity contribution < 1.29 is 17.9 Å². The van der Waals surface area contributed by atoms with Crippen molar-refractivity contribution in [3.05, 3.63) is 58.5 Å². The van der Waals surface area contributed by atoms with Crippen LogP contribution in [0.5, 0.6) is 5.75 Å². The minimum Gasteiger partial charge on any atom is -0.482 e. The van der Waals surface area contributed by atoms with Gasteiger partial charge in [-0.15, -0.1) is 0 Å². The molecule has 0 spiro atoms. The number of carbonyl (C=O) groups excluding carboxylic acids is 1. The third-order valence-electron chi connectivity index (χ3n) is 3.18. The summed E-state index contributed by atoms with van der Waals surface area (Å²) >= 11 is 5.78. The maximum absolute atomic E-state index is 12.1. The van der Waals surface area contributed by atoms with E-state index < -0.39 is 10.0 Å². The standard InChI is InChI=1S/C16H13ClN2O4S/c17-12-3-1-11(2-4-12)7-8-24(21,22)19-13-5-6-15-14(9-13)18-16(20)10-23-15/h1-9,19H,10H2,(H,18,20)/b8-7+. The molecule has 1 amide bonds. The van der Waals surface area contributed by atoms with E-state index in [4.69, 9.17) is 16.3 Å². The monoisotopic (exact) mass is 364 g/mol. The molecule has 0 bridgehead atoms. The lowest BCUT2D eigenvalue weighted by Gasteiger charge is -2.18. The lowest BCUT2D eigenvalue weighted by Crippen LogP contribution is -2.25. The van der Waals surface area contributed by atoms with Gasteiger partial charge in [0.05, 0.1) is 16.8 Å². The molecule has 8 heteroatoms. The number of nitrogens with one attached hydrogen (secondary N) is 2. The van der Waals surface area contributed by atoms with Crippen LogP contribution in [0, 0.1) is 0 Å². The minimum absolute atomic E-state index is 0.0537. The SMILES string of the molecule is O=C1COc2ccc(NS(=O)(=O)/C=C/c3ccc(Cl)cc3)cc2N1. The molecule has 1 aliphatic rings. The Morgan fingerprint density at radius 1 is 1.17 bits per heavy atom. The highest BCUT2D eigenvalue weighted by Crippen LogP contribution is 2.30. The molecule has 2 N–H and O–H groups in total. The van der Waals surface area contributed by atoms with Gasteiger partial charge < -0.3 is 10.1 Å². The van der Waals surface area contributed by atoms with Crippen molar-refractivity contribution in [3.63, 3.8) is 0 Å². The first-order valence-electron chi connectivity index (χ1n) is 6.94. The molecule has 2 aromatic rings. The highest BCUT2D eigenvalue weighted by atomic mass is 35.5. The van der Waals surface area contributed by atoms with Gasteiger partial charge in [-0.25, -0.2) is 8.42 Å². The number of benzene rings is 2. The van der Waals surface area contributed by atoms with Crippen LogP contribution in [0.1, 0.15) is 5.56 Å². The van der Waals surface area contributed by atoms with E-state index in [0.29, 0.717) is 27.7 Å². The molecule has 0 atom stereocenters. The topological polar surface area (TPSA) is 84.5 Å². The number of fused-ring (bicyclic) bond motifs is 1. The lowest BCUT2D eigenvalue weighted by molar-refractivity contribution is -0.118. The summed E-state index contributed by atoms with van der Waals surface area (Å²) in [5.41, 5.74) is 1.45. The van der Waals surface area contributed by atoms with E-state index in [-0.39, 0.29) is 12.5 Å². The van der Waals surface area contributed by atoms with Crippen molar-refractivity contribution in [2.75, 3.05) is 16.6 Å². The number of hydrogen-bond acceptors (Lipinski definition) is 4. The molecular weight excluding hydrogens is 352 g/mol. The zero-order chi connectivity index (χ0) is 17.2. The van der Waals surface area contributed by atoms with Crippen LogP contribution in [0.2, 0.25) is 5.02 Å². The molecule has 0 saturated carbocycles. The highest BCUT2D eigenvalue weighted by molar-refractivity contribution is 7.95. The normalized spacial score (nSPS) is 14.0. The van der Waals surface area contributed by atoms with Gasteiger partial charge in [0.15, 0.2) is 6.61 Å². The maximum Gasteiger partial charge on any atom is 0.262 e. The molecule has 0 saturated heterocycles. The van der Waals surface area contributed by atoms with Crippen LogP contribution >= 0.6 is 11.6 Å². The first-order chi connectivity index (χ1) is 11.4. The third-order valence-corrected chi connectivity index (χ3v) is 4.45. The summed E-state index contributed by atoms with van der Waals surface area (Å²) in [5, 5.41) is 4.26. The Bertz CT molecular complexity index is 908. The Morgan fingerprint density at radius 3 is 2.67 bits per heavy atom. The van der Waals surface area contributed by atoms with Gasteiger partial charge in [0.2, 0.25) is 0 Å². The van der Waals surface area contributed by atoms with Gasteiger partial charge >= 0.3 is 0 Å². The van der Waals surface area contributed by atoms with Gasteiger partial charge in [0.1, 0.15) is 5.75 Å². The van der Waals surface area contributed by atoms with Crippen molar-refractivity contribution in [1.82, 2.24) is 0 Å². The fourth-order valence-corrected chi connectivity index (χ4v) is 3.07. The second kappa shape index (κ2) is 6.54. The molecule has 1 aliphatic heterocycles. The zero-order valence-electron chi connectivity index (χ0n) is 12.3. The number of rotatable bonds is 4. The average Bonchev–Trinajstić information content (AvgIpc) is 2.53. The van der Waals surface area contributed by atoms with Crippen LogP contribution in [0.3, 0.4) is 0 Å². The number of hydrogen-bond donors (Lipinski definition) is 2. The Hall–Kier alpha value is -2.51. The van der Waals surface area contributed by atoms with Crippen LogP contribution in [0.4, 0.5) is 11.4 Å². The second-order valence-electron chi connectivity index (χ2n) is 5.05. The largest absolute Gasteiger partial charge is 0.482 e. The van der Waals surface area contributed by atoms with Crippen LogP contribution < -0.4 is 14.8 Å². The zero-order valence-corrected chi connectivity index (χ0v) is 13.9. The fourth-order valence-electron chi connectivity index (χ4n) is 2.09. The van der Waals surface area contributed by atoms with Crippen LogP contribution in [0.25, 0.3) is 6.08 Å². The minimum atomic E-state index is -3.70. The van der Waals surface area contributed by atoms with Crippen LogP contribution in [-0.2, 0) is 14.8 Å². The van der Waals surface area contributed by atoms with E-state index in [9.17, 15) is 13.2 Å². The Kier molecular flexibility index (Phi) is 4.46. The van der Waals surface area contributed by atoms with Gasteiger partial charge in [-0.2, -0.15) is 0 Å². The summed E-state index contributed by atoms with van der Waals surface area (Å²) in [6.07, 6.45) is 1.46. The number of ether oxygens (including phenoxy) is 1. The molecule has 0 radical (unpaired) electrons. The quantitative estimate of drug-likeness (QED) is 0.873. The van der Waals surface area contributed by atoms with Crippen molar-refractivity contribution in [3.8, 4) is 5.75 Å². The molecule has 2 aromatic carbocycles. The maximum atomic E-state index is 12.1. The van der Waals surface area contributed by atoms with Crippen molar-refractivity contribution in [2.45, 2.75) is 0 Å². The summed E-state index contributed by atoms with van der Waals surface area (Å²) in [7, 11) is -3.70. The van der Waals surface area contributed by atoms with Crippen molar-refractivity contribution in [1.29, 1.82) is 0 Å². The molecular formula is C16H13ClN2O4S. The lowest BCUT2D eigenvalue weighted by atomic mass is 10.2. The molecule has 124 valence electrons. The van der Waals surface area contributed by atoms with E-state index in [1.165, 1.54) is 12.1 Å². The van der Waals surface area contributed by atoms with Gasteiger partial charge in [-0.1, -0.05) is 23.7 Å². The summed E-state index contributed by atoms with van der Waals surface area (Å²) in [4.78, 5) is 11.3. The Morgan fingerprint density at radius 2 is 1.92 bits per heavy atom. The van der Waals surface area contributed by atoms with Crippen LogP contribution in [0.15, 0.2) is 47.9 Å². The van der Waals surface area contributed by atoms with E-state index in [1.54, 1.807) is 36.4 Å². The fraction of sp³-hybridized carbons (Fsp3) is 0.0625. The van der Waals surface area contributed by atoms with Crippen LogP contribution in [-0.4, -0.2) is 20.9 Å². The predicted molar refractivity (Wildman–Crippen MR) is 93.6 cm³/mol. The summed E-state index contributed by atoms with van der Waals surface area (Å²) in [5.74, 6) is 0.208. The summed E-state index contributed by atoms with van der Waals surface area (Å²) in [6.45, 7) is -0.0537. The number of halogens is 1. The average molecular weight is 365 g/mol. The third kappa shape index (κ3) is 4.06. The van der Waals surface area contributed by atoms with E-state index >= 15 is 0 Å². The van der Waals surface area contributed by atoms with Crippen molar-refractivity contribution in [2.24, 2.45) is 0 Å². The van der Waals surface area contributed by atoms with E-state index in [1.807, 2.05) is 0 Å². The van der Waals surface area contributed by atoms with E-state index in [2.05, 4.69) is 10.0 Å². The van der Waals surface area contributed by atoms with Gasteiger partial charge in [0, 0.05) is 5.02 Å². The van der Waals surface area contributed by atoms with Gasteiger partial charge in [-0.05, 0) is 42.0 Å². The first-order valence-corrected chi connectivity index (χ1v) is 8.87. The van der Waals surface area contributed by atoms with Gasteiger partial charge in [0.25, 0.3) is 15.9 Å². The second-order valence-corrected chi connectivity index (χ2v) is 7.05. The van der Waals surface area contributed by atoms with Crippen molar-refractivity contribution >= 4 is 45.0 Å². The Balaban J connectivity index is 1.76. The predicted octanol–water partition coefficient (Wildman–Crippen LogP) is 3.08.